The summed E-state index contributed by atoms with van der Waals surface area (Å²) in [5.41, 5.74) is 12.5. The van der Waals surface area contributed by atoms with Gasteiger partial charge in [0, 0.05) is 49.4 Å². The van der Waals surface area contributed by atoms with E-state index >= 15 is 0 Å². The van der Waals surface area contributed by atoms with Gasteiger partial charge in [-0.2, -0.15) is 10.2 Å². The largest absolute Gasteiger partial charge is 0.322 e. The Morgan fingerprint density at radius 1 is 1.03 bits per heavy atom. The fourth-order valence-corrected chi connectivity index (χ4v) is 4.38. The zero-order valence-corrected chi connectivity index (χ0v) is 18.4. The molecule has 1 aliphatic rings. The van der Waals surface area contributed by atoms with Gasteiger partial charge in [0.25, 0.3) is 0 Å². The van der Waals surface area contributed by atoms with Crippen LogP contribution in [0, 0.1) is 5.92 Å². The molecule has 1 fully saturated rings. The van der Waals surface area contributed by atoms with Crippen molar-refractivity contribution in [1.29, 1.82) is 0 Å². The van der Waals surface area contributed by atoms with Crippen molar-refractivity contribution in [2.24, 2.45) is 25.7 Å². The first kappa shape index (κ1) is 20.5. The standard InChI is InChI=1S/C24H28N8/c1-31-11-8-21(30-31)20-14-27-24(29-23(20)22(25)16-6-9-26-10-7-16)18-5-3-4-17(12-18)19-13-28-32(2)15-19/h3-5,8,11-16,22,26H,6-7,9-10,25H2,1-2H3. The summed E-state index contributed by atoms with van der Waals surface area (Å²) in [7, 11) is 3.83. The minimum Gasteiger partial charge on any atom is -0.322 e. The van der Waals surface area contributed by atoms with Crippen LogP contribution in [0.5, 0.6) is 0 Å². The van der Waals surface area contributed by atoms with Crippen LogP contribution in [0.2, 0.25) is 0 Å². The van der Waals surface area contributed by atoms with E-state index < -0.39 is 0 Å². The summed E-state index contributed by atoms with van der Waals surface area (Å²) < 4.78 is 3.59. The number of aryl methyl sites for hydroxylation is 2. The first-order valence-electron chi connectivity index (χ1n) is 11.0. The van der Waals surface area contributed by atoms with Crippen LogP contribution in [0.4, 0.5) is 0 Å². The Labute approximate surface area is 187 Å². The van der Waals surface area contributed by atoms with Crippen molar-refractivity contribution in [3.63, 3.8) is 0 Å². The van der Waals surface area contributed by atoms with Crippen LogP contribution in [0.25, 0.3) is 33.8 Å². The third kappa shape index (κ3) is 4.06. The van der Waals surface area contributed by atoms with Crippen molar-refractivity contribution in [3.8, 4) is 33.8 Å². The number of nitrogens with zero attached hydrogens (tertiary/aromatic N) is 6. The van der Waals surface area contributed by atoms with E-state index in [1.807, 2.05) is 57.1 Å². The highest BCUT2D eigenvalue weighted by Gasteiger charge is 2.27. The number of nitrogens with two attached hydrogens (primary N) is 1. The predicted octanol–water partition coefficient (Wildman–Crippen LogP) is 2.94. The van der Waals surface area contributed by atoms with Crippen molar-refractivity contribution >= 4 is 0 Å². The quantitative estimate of drug-likeness (QED) is 0.507. The molecule has 8 nitrogen and oxygen atoms in total. The Morgan fingerprint density at radius 3 is 2.56 bits per heavy atom. The minimum atomic E-state index is -0.169. The van der Waals surface area contributed by atoms with E-state index in [4.69, 9.17) is 15.7 Å². The maximum absolute atomic E-state index is 6.82. The van der Waals surface area contributed by atoms with Crippen LogP contribution < -0.4 is 11.1 Å². The highest BCUT2D eigenvalue weighted by molar-refractivity contribution is 5.70. The summed E-state index contributed by atoms with van der Waals surface area (Å²) in [6, 6.07) is 10.1. The summed E-state index contributed by atoms with van der Waals surface area (Å²) in [5, 5.41) is 12.3. The monoisotopic (exact) mass is 428 g/mol. The molecule has 1 saturated heterocycles. The fourth-order valence-electron chi connectivity index (χ4n) is 4.38. The average molecular weight is 429 g/mol. The number of hydrogen-bond donors (Lipinski definition) is 2. The first-order valence-corrected chi connectivity index (χ1v) is 11.0. The van der Waals surface area contributed by atoms with Crippen molar-refractivity contribution < 1.29 is 0 Å². The molecule has 1 aromatic carbocycles. The number of hydrogen-bond acceptors (Lipinski definition) is 6. The summed E-state index contributed by atoms with van der Waals surface area (Å²) >= 11 is 0. The van der Waals surface area contributed by atoms with Gasteiger partial charge in [0.1, 0.15) is 0 Å². The SMILES string of the molecule is Cn1cc(-c2cccc(-c3ncc(-c4ccn(C)n4)c(C(N)C4CCNCC4)n3)c2)cn1. The molecule has 4 aromatic rings. The van der Waals surface area contributed by atoms with Gasteiger partial charge in [-0.25, -0.2) is 9.97 Å². The first-order chi connectivity index (χ1) is 15.6. The second kappa shape index (κ2) is 8.64. The van der Waals surface area contributed by atoms with Crippen LogP contribution in [0.1, 0.15) is 24.6 Å². The number of piperidine rings is 1. The molecule has 3 aromatic heterocycles. The summed E-state index contributed by atoms with van der Waals surface area (Å²) in [6.45, 7) is 1.98. The van der Waals surface area contributed by atoms with Gasteiger partial charge >= 0.3 is 0 Å². The van der Waals surface area contributed by atoms with E-state index in [1.165, 1.54) is 0 Å². The molecule has 1 atom stereocenters. The molecule has 3 N–H and O–H groups in total. The van der Waals surface area contributed by atoms with Gasteiger partial charge in [-0.05, 0) is 49.5 Å². The molecule has 1 aliphatic heterocycles. The van der Waals surface area contributed by atoms with Gasteiger partial charge in [-0.1, -0.05) is 18.2 Å². The maximum Gasteiger partial charge on any atom is 0.159 e. The third-order valence-corrected chi connectivity index (χ3v) is 6.17. The summed E-state index contributed by atoms with van der Waals surface area (Å²) in [5.74, 6) is 1.05. The molecule has 0 amide bonds. The molecule has 0 bridgehead atoms. The molecule has 164 valence electrons. The van der Waals surface area contributed by atoms with Gasteiger partial charge in [-0.3, -0.25) is 9.36 Å². The molecular weight excluding hydrogens is 400 g/mol. The minimum absolute atomic E-state index is 0.169. The van der Waals surface area contributed by atoms with Crippen LogP contribution in [-0.2, 0) is 14.1 Å². The molecule has 0 saturated carbocycles. The lowest BCUT2D eigenvalue weighted by molar-refractivity contribution is 0.319. The van der Waals surface area contributed by atoms with E-state index in [-0.39, 0.29) is 6.04 Å². The van der Waals surface area contributed by atoms with Crippen LogP contribution in [0.15, 0.2) is 55.1 Å². The molecule has 0 spiro atoms. The molecule has 5 rings (SSSR count). The molecule has 1 unspecified atom stereocenters. The van der Waals surface area contributed by atoms with E-state index in [2.05, 4.69) is 27.6 Å². The van der Waals surface area contributed by atoms with Crippen molar-refractivity contribution in [2.75, 3.05) is 13.1 Å². The van der Waals surface area contributed by atoms with E-state index in [1.54, 1.807) is 9.36 Å². The molecule has 8 heteroatoms. The summed E-state index contributed by atoms with van der Waals surface area (Å²) in [6.07, 6.45) is 9.75. The Morgan fingerprint density at radius 2 is 1.84 bits per heavy atom. The third-order valence-electron chi connectivity index (χ3n) is 6.17. The number of nitrogens with one attached hydrogen (secondary N) is 1. The number of aromatic nitrogens is 6. The number of benzene rings is 1. The lowest BCUT2D eigenvalue weighted by atomic mass is 9.87. The van der Waals surface area contributed by atoms with Gasteiger partial charge in [0.15, 0.2) is 5.82 Å². The second-order valence-corrected chi connectivity index (χ2v) is 8.46. The molecule has 0 aliphatic carbocycles. The predicted molar refractivity (Wildman–Crippen MR) is 124 cm³/mol. The lowest BCUT2D eigenvalue weighted by Crippen LogP contribution is -2.34. The maximum atomic E-state index is 6.82. The topological polar surface area (TPSA) is 99.5 Å². The highest BCUT2D eigenvalue weighted by Crippen LogP contribution is 2.33. The van der Waals surface area contributed by atoms with Crippen molar-refractivity contribution in [1.82, 2.24) is 34.8 Å². The average Bonchev–Trinajstić information content (AvgIpc) is 3.47. The van der Waals surface area contributed by atoms with Crippen molar-refractivity contribution in [2.45, 2.75) is 18.9 Å². The smallest absolute Gasteiger partial charge is 0.159 e. The number of rotatable bonds is 5. The van der Waals surface area contributed by atoms with E-state index in [0.29, 0.717) is 11.7 Å². The Hall–Kier alpha value is -3.36. The second-order valence-electron chi connectivity index (χ2n) is 8.46. The van der Waals surface area contributed by atoms with E-state index in [0.717, 1.165) is 59.6 Å². The molecule has 0 radical (unpaired) electrons. The molecule has 4 heterocycles. The zero-order chi connectivity index (χ0) is 22.1. The molecular formula is C24H28N8. The zero-order valence-electron chi connectivity index (χ0n) is 18.4. The Balaban J connectivity index is 1.57. The van der Waals surface area contributed by atoms with E-state index in [9.17, 15) is 0 Å². The van der Waals surface area contributed by atoms with Gasteiger partial charge in [0.05, 0.1) is 23.6 Å². The summed E-state index contributed by atoms with van der Waals surface area (Å²) in [4.78, 5) is 9.73. The van der Waals surface area contributed by atoms with Crippen LogP contribution >= 0.6 is 0 Å². The van der Waals surface area contributed by atoms with Crippen LogP contribution in [0.3, 0.4) is 0 Å². The van der Waals surface area contributed by atoms with Gasteiger partial charge < -0.3 is 11.1 Å². The van der Waals surface area contributed by atoms with Crippen molar-refractivity contribution in [3.05, 3.63) is 60.8 Å². The Bertz CT molecular complexity index is 1220. The van der Waals surface area contributed by atoms with Gasteiger partial charge in [-0.15, -0.1) is 0 Å². The molecule has 32 heavy (non-hydrogen) atoms. The fraction of sp³-hybridized carbons (Fsp3) is 0.333. The lowest BCUT2D eigenvalue weighted by Gasteiger charge is -2.28. The van der Waals surface area contributed by atoms with Gasteiger partial charge in [0.2, 0.25) is 0 Å². The highest BCUT2D eigenvalue weighted by atomic mass is 15.2. The normalized spacial score (nSPS) is 15.7. The Kier molecular flexibility index (Phi) is 5.55. The van der Waals surface area contributed by atoms with Crippen LogP contribution in [-0.4, -0.2) is 42.6 Å².